The highest BCUT2D eigenvalue weighted by molar-refractivity contribution is 5.81. The molecule has 1 N–H and O–H groups in total. The molecular weight excluding hydrogens is 270 g/mol. The van der Waals surface area contributed by atoms with Crippen LogP contribution in [0.3, 0.4) is 0 Å². The minimum absolute atomic E-state index is 0.102. The van der Waals surface area contributed by atoms with E-state index < -0.39 is 33.2 Å². The fourth-order valence-electron chi connectivity index (χ4n) is 2.33. The third-order valence-corrected chi connectivity index (χ3v) is 3.21. The summed E-state index contributed by atoms with van der Waals surface area (Å²) < 4.78 is 0. The van der Waals surface area contributed by atoms with Crippen molar-refractivity contribution in [2.75, 3.05) is 11.4 Å². The Kier molecular flexibility index (Phi) is 3.51. The Bertz CT molecular complexity index is 588. The van der Waals surface area contributed by atoms with E-state index in [2.05, 4.69) is 0 Å². The van der Waals surface area contributed by atoms with Crippen molar-refractivity contribution in [1.29, 1.82) is 0 Å². The second-order valence-corrected chi connectivity index (χ2v) is 4.38. The number of non-ortho nitro benzene ring substituents is 1. The molecule has 1 aromatic rings. The summed E-state index contributed by atoms with van der Waals surface area (Å²) in [5.41, 5.74) is -0.746. The van der Waals surface area contributed by atoms with Crippen molar-refractivity contribution < 1.29 is 19.7 Å². The Morgan fingerprint density at radius 3 is 2.55 bits per heavy atom. The van der Waals surface area contributed by atoms with Gasteiger partial charge in [-0.25, -0.2) is 4.79 Å². The van der Waals surface area contributed by atoms with Crippen molar-refractivity contribution in [3.63, 3.8) is 0 Å². The van der Waals surface area contributed by atoms with E-state index in [0.717, 1.165) is 12.1 Å². The maximum absolute atomic E-state index is 11.1. The van der Waals surface area contributed by atoms with Crippen LogP contribution in [0.4, 0.5) is 17.1 Å². The molecule has 9 nitrogen and oxygen atoms in total. The lowest BCUT2D eigenvalue weighted by molar-refractivity contribution is -0.393. The van der Waals surface area contributed by atoms with E-state index in [4.69, 9.17) is 5.11 Å². The number of anilines is 1. The van der Waals surface area contributed by atoms with E-state index in [1.165, 1.54) is 11.0 Å². The lowest BCUT2D eigenvalue weighted by Gasteiger charge is -2.23. The highest BCUT2D eigenvalue weighted by atomic mass is 16.6. The SMILES string of the molecule is O=C(O)[C@@H]1CCCN1c1ccc([N+](=O)[O-])cc1[N+](=O)[O-]. The number of nitrogens with zero attached hydrogens (tertiary/aromatic N) is 3. The first-order chi connectivity index (χ1) is 9.41. The van der Waals surface area contributed by atoms with E-state index in [0.29, 0.717) is 19.4 Å². The van der Waals surface area contributed by atoms with Gasteiger partial charge in [-0.2, -0.15) is 0 Å². The fraction of sp³-hybridized carbons (Fsp3) is 0.364. The molecule has 1 fully saturated rings. The monoisotopic (exact) mass is 281 g/mol. The molecule has 0 unspecified atom stereocenters. The lowest BCUT2D eigenvalue weighted by Crippen LogP contribution is -2.36. The van der Waals surface area contributed by atoms with Gasteiger partial charge in [-0.3, -0.25) is 20.2 Å². The van der Waals surface area contributed by atoms with Gasteiger partial charge in [0.1, 0.15) is 11.7 Å². The van der Waals surface area contributed by atoms with Crippen LogP contribution >= 0.6 is 0 Å². The van der Waals surface area contributed by atoms with Crippen molar-refractivity contribution in [2.24, 2.45) is 0 Å². The average Bonchev–Trinajstić information content (AvgIpc) is 2.86. The number of hydrogen-bond donors (Lipinski definition) is 1. The fourth-order valence-corrected chi connectivity index (χ4v) is 2.33. The van der Waals surface area contributed by atoms with Gasteiger partial charge in [0, 0.05) is 12.6 Å². The highest BCUT2D eigenvalue weighted by Crippen LogP contribution is 2.36. The van der Waals surface area contributed by atoms with Gasteiger partial charge < -0.3 is 10.0 Å². The maximum atomic E-state index is 11.1. The van der Waals surface area contributed by atoms with Crippen molar-refractivity contribution in [3.8, 4) is 0 Å². The van der Waals surface area contributed by atoms with Crippen LogP contribution < -0.4 is 4.90 Å². The molecule has 1 aromatic carbocycles. The van der Waals surface area contributed by atoms with Crippen molar-refractivity contribution in [1.82, 2.24) is 0 Å². The first-order valence-corrected chi connectivity index (χ1v) is 5.84. The van der Waals surface area contributed by atoms with Crippen LogP contribution in [-0.4, -0.2) is 33.5 Å². The summed E-state index contributed by atoms with van der Waals surface area (Å²) in [5, 5.41) is 30.8. The summed E-state index contributed by atoms with van der Waals surface area (Å²) in [5.74, 6) is -1.06. The van der Waals surface area contributed by atoms with Crippen molar-refractivity contribution >= 4 is 23.0 Å². The molecule has 0 bridgehead atoms. The summed E-state index contributed by atoms with van der Waals surface area (Å²) in [4.78, 5) is 32.8. The number of nitro benzene ring substituents is 2. The van der Waals surface area contributed by atoms with Crippen LogP contribution in [0.25, 0.3) is 0 Å². The number of carbonyl (C=O) groups is 1. The van der Waals surface area contributed by atoms with Gasteiger partial charge in [-0.05, 0) is 18.9 Å². The molecule has 1 aliphatic heterocycles. The molecule has 0 aromatic heterocycles. The molecule has 9 heteroatoms. The lowest BCUT2D eigenvalue weighted by atomic mass is 10.2. The summed E-state index contributed by atoms with van der Waals surface area (Å²) in [6.07, 6.45) is 0.995. The zero-order valence-electron chi connectivity index (χ0n) is 10.3. The van der Waals surface area contributed by atoms with Gasteiger partial charge in [0.2, 0.25) is 0 Å². The Hall–Kier alpha value is -2.71. The summed E-state index contributed by atoms with van der Waals surface area (Å²) >= 11 is 0. The standard InChI is InChI=1S/C11H11N3O6/c15-11(16)9-2-1-5-12(9)8-4-3-7(13(17)18)6-10(8)14(19)20/h3-4,6,9H,1-2,5H2,(H,15,16)/t9-/m0/s1. The van der Waals surface area contributed by atoms with Gasteiger partial charge in [0.25, 0.3) is 11.4 Å². The van der Waals surface area contributed by atoms with Crippen LogP contribution in [0, 0.1) is 20.2 Å². The minimum Gasteiger partial charge on any atom is -0.480 e. The Labute approximate surface area is 112 Å². The zero-order valence-corrected chi connectivity index (χ0v) is 10.3. The van der Waals surface area contributed by atoms with Crippen LogP contribution in [0.15, 0.2) is 18.2 Å². The topological polar surface area (TPSA) is 127 Å². The molecule has 1 atom stereocenters. The summed E-state index contributed by atoms with van der Waals surface area (Å²) in [6, 6.07) is 2.39. The molecule has 1 aliphatic rings. The number of aliphatic carboxylic acids is 1. The van der Waals surface area contributed by atoms with Crippen LogP contribution in [0.5, 0.6) is 0 Å². The molecule has 1 saturated heterocycles. The number of carboxylic acid groups (broad SMARTS) is 1. The number of benzene rings is 1. The van der Waals surface area contributed by atoms with Crippen molar-refractivity contribution in [2.45, 2.75) is 18.9 Å². The molecule has 1 heterocycles. The van der Waals surface area contributed by atoms with E-state index >= 15 is 0 Å². The molecule has 0 spiro atoms. The van der Waals surface area contributed by atoms with Gasteiger partial charge >= 0.3 is 5.97 Å². The van der Waals surface area contributed by atoms with Gasteiger partial charge in [-0.15, -0.1) is 0 Å². The van der Waals surface area contributed by atoms with Gasteiger partial charge in [-0.1, -0.05) is 0 Å². The normalized spacial score (nSPS) is 18.0. The van der Waals surface area contributed by atoms with Crippen LogP contribution in [0.2, 0.25) is 0 Å². The Balaban J connectivity index is 2.48. The van der Waals surface area contributed by atoms with E-state index in [9.17, 15) is 25.0 Å². The summed E-state index contributed by atoms with van der Waals surface area (Å²) in [6.45, 7) is 0.371. The van der Waals surface area contributed by atoms with Gasteiger partial charge in [0.15, 0.2) is 0 Å². The largest absolute Gasteiger partial charge is 0.480 e. The first-order valence-electron chi connectivity index (χ1n) is 5.84. The molecular formula is C11H11N3O6. The van der Waals surface area contributed by atoms with Crippen LogP contribution in [0.1, 0.15) is 12.8 Å². The predicted octanol–water partition coefficient (Wildman–Crippen LogP) is 1.56. The molecule has 0 amide bonds. The van der Waals surface area contributed by atoms with E-state index in [1.807, 2.05) is 0 Å². The average molecular weight is 281 g/mol. The number of hydrogen-bond acceptors (Lipinski definition) is 6. The van der Waals surface area contributed by atoms with E-state index in [-0.39, 0.29) is 5.69 Å². The number of nitro groups is 2. The first kappa shape index (κ1) is 13.7. The summed E-state index contributed by atoms with van der Waals surface area (Å²) in [7, 11) is 0. The molecule has 0 aliphatic carbocycles. The third kappa shape index (κ3) is 2.37. The maximum Gasteiger partial charge on any atom is 0.326 e. The molecule has 106 valence electrons. The Morgan fingerprint density at radius 1 is 1.30 bits per heavy atom. The quantitative estimate of drug-likeness (QED) is 0.655. The molecule has 0 saturated carbocycles. The third-order valence-electron chi connectivity index (χ3n) is 3.21. The number of carboxylic acids is 1. The second-order valence-electron chi connectivity index (χ2n) is 4.38. The predicted molar refractivity (Wildman–Crippen MR) is 67.8 cm³/mol. The van der Waals surface area contributed by atoms with Gasteiger partial charge in [0.05, 0.1) is 15.9 Å². The Morgan fingerprint density at radius 2 is 2.00 bits per heavy atom. The van der Waals surface area contributed by atoms with Crippen molar-refractivity contribution in [3.05, 3.63) is 38.4 Å². The molecule has 2 rings (SSSR count). The van der Waals surface area contributed by atoms with E-state index in [1.54, 1.807) is 0 Å². The minimum atomic E-state index is -1.06. The molecule has 20 heavy (non-hydrogen) atoms. The second kappa shape index (κ2) is 5.11. The molecule has 0 radical (unpaired) electrons. The number of rotatable bonds is 4. The zero-order chi connectivity index (χ0) is 14.9. The smallest absolute Gasteiger partial charge is 0.326 e. The van der Waals surface area contributed by atoms with Crippen LogP contribution in [-0.2, 0) is 4.79 Å². The highest BCUT2D eigenvalue weighted by Gasteiger charge is 2.35.